The lowest BCUT2D eigenvalue weighted by Gasteiger charge is -2.21. The van der Waals surface area contributed by atoms with Crippen LogP contribution in [-0.2, 0) is 0 Å². The van der Waals surface area contributed by atoms with E-state index in [9.17, 15) is 0 Å². The summed E-state index contributed by atoms with van der Waals surface area (Å²) in [7, 11) is 0. The van der Waals surface area contributed by atoms with Crippen molar-refractivity contribution >= 4 is 0 Å². The van der Waals surface area contributed by atoms with E-state index in [1.54, 1.807) is 0 Å². The minimum absolute atomic E-state index is 1.04. The topological polar surface area (TPSA) is 0 Å². The molecule has 0 bridgehead atoms. The van der Waals surface area contributed by atoms with Crippen molar-refractivity contribution in [1.82, 2.24) is 0 Å². The highest BCUT2D eigenvalue weighted by molar-refractivity contribution is 5.10. The van der Waals surface area contributed by atoms with Crippen LogP contribution in [0.1, 0.15) is 57.8 Å². The van der Waals surface area contributed by atoms with Crippen LogP contribution in [0.2, 0.25) is 0 Å². The van der Waals surface area contributed by atoms with Crippen LogP contribution in [0.25, 0.3) is 0 Å². The Bertz CT molecular complexity index is 172. The van der Waals surface area contributed by atoms with Crippen LogP contribution in [0.5, 0.6) is 0 Å². The van der Waals surface area contributed by atoms with Crippen LogP contribution < -0.4 is 0 Å². The second-order valence-electron chi connectivity index (χ2n) is 4.61. The van der Waals surface area contributed by atoms with Gasteiger partial charge in [0, 0.05) is 0 Å². The zero-order valence-electron chi connectivity index (χ0n) is 9.43. The molecule has 0 spiro atoms. The molecule has 0 unspecified atom stereocenters. The molecule has 0 atom stereocenters. The van der Waals surface area contributed by atoms with E-state index >= 15 is 0 Å². The van der Waals surface area contributed by atoms with E-state index in [0.717, 1.165) is 12.3 Å². The van der Waals surface area contributed by atoms with Gasteiger partial charge in [0.1, 0.15) is 0 Å². The highest BCUT2D eigenvalue weighted by Crippen LogP contribution is 2.28. The van der Waals surface area contributed by atoms with E-state index in [0.29, 0.717) is 0 Å². The van der Waals surface area contributed by atoms with Crippen molar-refractivity contribution in [2.45, 2.75) is 57.8 Å². The fourth-order valence-electron chi connectivity index (χ4n) is 2.36. The van der Waals surface area contributed by atoms with E-state index < -0.39 is 0 Å². The summed E-state index contributed by atoms with van der Waals surface area (Å²) in [5, 5.41) is 0. The molecule has 0 heterocycles. The van der Waals surface area contributed by atoms with Crippen molar-refractivity contribution in [3.63, 3.8) is 0 Å². The second-order valence-corrected chi connectivity index (χ2v) is 4.61. The van der Waals surface area contributed by atoms with Crippen LogP contribution in [0.4, 0.5) is 0 Å². The largest absolute Gasteiger partial charge is 0.0988 e. The number of hydrogen-bond donors (Lipinski definition) is 0. The SMILES string of the molecule is C=CC(=C)CCCCC1CCCCC1. The quantitative estimate of drug-likeness (QED) is 0.416. The van der Waals surface area contributed by atoms with Crippen LogP contribution in [0, 0.1) is 5.92 Å². The van der Waals surface area contributed by atoms with Crippen molar-refractivity contribution in [1.29, 1.82) is 0 Å². The van der Waals surface area contributed by atoms with Gasteiger partial charge in [-0.05, 0) is 18.8 Å². The highest BCUT2D eigenvalue weighted by Gasteiger charge is 2.12. The highest BCUT2D eigenvalue weighted by atomic mass is 14.2. The van der Waals surface area contributed by atoms with Crippen LogP contribution in [0.3, 0.4) is 0 Å². The first-order valence-corrected chi connectivity index (χ1v) is 6.13. The first-order valence-electron chi connectivity index (χ1n) is 6.13. The molecule has 0 aromatic rings. The zero-order chi connectivity index (χ0) is 10.2. The Morgan fingerprint density at radius 1 is 1.14 bits per heavy atom. The van der Waals surface area contributed by atoms with E-state index in [1.165, 1.54) is 56.9 Å². The Balaban J connectivity index is 1.97. The molecule has 0 aromatic heterocycles. The Morgan fingerprint density at radius 2 is 1.86 bits per heavy atom. The summed E-state index contributed by atoms with van der Waals surface area (Å²) in [4.78, 5) is 0. The summed E-state index contributed by atoms with van der Waals surface area (Å²) in [5.41, 5.74) is 1.20. The standard InChI is InChI=1S/C14H24/c1-3-13(2)9-7-8-12-14-10-5-4-6-11-14/h3,14H,1-2,4-12H2. The number of unbranched alkanes of at least 4 members (excludes halogenated alkanes) is 1. The molecule has 80 valence electrons. The first kappa shape index (κ1) is 11.6. The normalized spacial score (nSPS) is 18.0. The Morgan fingerprint density at radius 3 is 2.50 bits per heavy atom. The van der Waals surface area contributed by atoms with Gasteiger partial charge in [-0.1, -0.05) is 69.8 Å². The molecular weight excluding hydrogens is 168 g/mol. The van der Waals surface area contributed by atoms with Gasteiger partial charge in [0.05, 0.1) is 0 Å². The smallest absolute Gasteiger partial charge is 0.0285 e. The third kappa shape index (κ3) is 4.64. The molecule has 1 rings (SSSR count). The molecule has 0 aliphatic heterocycles. The van der Waals surface area contributed by atoms with Gasteiger partial charge in [0.2, 0.25) is 0 Å². The summed E-state index contributed by atoms with van der Waals surface area (Å²) in [5.74, 6) is 1.04. The molecule has 0 nitrogen and oxygen atoms in total. The lowest BCUT2D eigenvalue weighted by molar-refractivity contribution is 0.330. The molecule has 1 aliphatic carbocycles. The molecular formula is C14H24. The summed E-state index contributed by atoms with van der Waals surface area (Å²) in [6.07, 6.45) is 14.6. The Kier molecular flexibility index (Phi) is 5.66. The van der Waals surface area contributed by atoms with E-state index in [-0.39, 0.29) is 0 Å². The molecule has 0 heteroatoms. The summed E-state index contributed by atoms with van der Waals surface area (Å²) in [6, 6.07) is 0. The van der Waals surface area contributed by atoms with Gasteiger partial charge in [-0.25, -0.2) is 0 Å². The van der Waals surface area contributed by atoms with Crippen molar-refractivity contribution < 1.29 is 0 Å². The van der Waals surface area contributed by atoms with E-state index in [4.69, 9.17) is 0 Å². The fraction of sp³-hybridized carbons (Fsp3) is 0.714. The summed E-state index contributed by atoms with van der Waals surface area (Å²) < 4.78 is 0. The molecule has 1 saturated carbocycles. The average molecular weight is 192 g/mol. The van der Waals surface area contributed by atoms with Gasteiger partial charge < -0.3 is 0 Å². The Hall–Kier alpha value is -0.520. The maximum Gasteiger partial charge on any atom is -0.0285 e. The molecule has 0 radical (unpaired) electrons. The molecule has 1 fully saturated rings. The van der Waals surface area contributed by atoms with Gasteiger partial charge in [0.25, 0.3) is 0 Å². The lowest BCUT2D eigenvalue weighted by Crippen LogP contribution is -2.05. The minimum Gasteiger partial charge on any atom is -0.0988 e. The molecule has 0 N–H and O–H groups in total. The summed E-state index contributed by atoms with van der Waals surface area (Å²) in [6.45, 7) is 7.67. The van der Waals surface area contributed by atoms with Crippen LogP contribution >= 0.6 is 0 Å². The van der Waals surface area contributed by atoms with Crippen LogP contribution in [0.15, 0.2) is 24.8 Å². The van der Waals surface area contributed by atoms with Gasteiger partial charge >= 0.3 is 0 Å². The molecule has 14 heavy (non-hydrogen) atoms. The van der Waals surface area contributed by atoms with Crippen molar-refractivity contribution in [2.75, 3.05) is 0 Å². The predicted molar refractivity (Wildman–Crippen MR) is 64.4 cm³/mol. The summed E-state index contributed by atoms with van der Waals surface area (Å²) >= 11 is 0. The third-order valence-corrected chi connectivity index (χ3v) is 3.37. The van der Waals surface area contributed by atoms with Gasteiger partial charge in [-0.2, -0.15) is 0 Å². The molecule has 0 saturated heterocycles. The van der Waals surface area contributed by atoms with E-state index in [1.807, 2.05) is 6.08 Å². The number of allylic oxidation sites excluding steroid dienone is 2. The maximum atomic E-state index is 3.94. The predicted octanol–water partition coefficient (Wildman–Crippen LogP) is 4.87. The van der Waals surface area contributed by atoms with Gasteiger partial charge in [0.15, 0.2) is 0 Å². The first-order chi connectivity index (χ1) is 6.83. The molecule has 0 amide bonds. The molecule has 1 aliphatic rings. The third-order valence-electron chi connectivity index (χ3n) is 3.37. The van der Waals surface area contributed by atoms with Crippen LogP contribution in [-0.4, -0.2) is 0 Å². The van der Waals surface area contributed by atoms with Crippen molar-refractivity contribution in [2.24, 2.45) is 5.92 Å². The van der Waals surface area contributed by atoms with Gasteiger partial charge in [-0.3, -0.25) is 0 Å². The zero-order valence-corrected chi connectivity index (χ0v) is 9.43. The van der Waals surface area contributed by atoms with E-state index in [2.05, 4.69) is 13.2 Å². The minimum atomic E-state index is 1.04. The average Bonchev–Trinajstić information content (AvgIpc) is 2.25. The number of hydrogen-bond acceptors (Lipinski definition) is 0. The van der Waals surface area contributed by atoms with Crippen molar-refractivity contribution in [3.05, 3.63) is 24.8 Å². The number of rotatable bonds is 6. The lowest BCUT2D eigenvalue weighted by atomic mass is 9.85. The fourth-order valence-corrected chi connectivity index (χ4v) is 2.36. The van der Waals surface area contributed by atoms with Gasteiger partial charge in [-0.15, -0.1) is 0 Å². The Labute approximate surface area is 89.1 Å². The van der Waals surface area contributed by atoms with Crippen molar-refractivity contribution in [3.8, 4) is 0 Å². The molecule has 0 aromatic carbocycles. The maximum absolute atomic E-state index is 3.94. The second kappa shape index (κ2) is 6.86. The monoisotopic (exact) mass is 192 g/mol.